The highest BCUT2D eigenvalue weighted by Crippen LogP contribution is 2.27. The van der Waals surface area contributed by atoms with Crippen molar-refractivity contribution in [2.75, 3.05) is 12.4 Å². The van der Waals surface area contributed by atoms with Gasteiger partial charge < -0.3 is 15.8 Å². The van der Waals surface area contributed by atoms with Crippen molar-refractivity contribution in [3.8, 4) is 5.88 Å². The number of nitrogens with one attached hydrogen (secondary N) is 1. The Labute approximate surface area is 100 Å². The van der Waals surface area contributed by atoms with Crippen LogP contribution >= 0.6 is 0 Å². The van der Waals surface area contributed by atoms with Gasteiger partial charge in [0.15, 0.2) is 0 Å². The molecule has 0 spiro atoms. The summed E-state index contributed by atoms with van der Waals surface area (Å²) in [6.45, 7) is 0. The zero-order chi connectivity index (χ0) is 12.3. The average molecular weight is 235 g/mol. The zero-order valence-electron chi connectivity index (χ0n) is 9.85. The van der Waals surface area contributed by atoms with Crippen molar-refractivity contribution in [3.63, 3.8) is 0 Å². The van der Waals surface area contributed by atoms with E-state index in [2.05, 4.69) is 10.3 Å². The fourth-order valence-electron chi connectivity index (χ4n) is 2.14. The second-order valence-corrected chi connectivity index (χ2v) is 4.32. The molecule has 1 aromatic heterocycles. The molecule has 2 atom stereocenters. The van der Waals surface area contributed by atoms with Crippen LogP contribution in [0.2, 0.25) is 0 Å². The van der Waals surface area contributed by atoms with Crippen LogP contribution in [-0.2, 0) is 4.79 Å². The number of anilines is 1. The van der Waals surface area contributed by atoms with E-state index in [1.54, 1.807) is 18.3 Å². The third-order valence-electron chi connectivity index (χ3n) is 3.07. The van der Waals surface area contributed by atoms with Gasteiger partial charge in [0.25, 0.3) is 0 Å². The normalized spacial score (nSPS) is 23.4. The van der Waals surface area contributed by atoms with E-state index >= 15 is 0 Å². The number of nitrogens with zero attached hydrogens (tertiary/aromatic N) is 1. The largest absolute Gasteiger partial charge is 0.480 e. The van der Waals surface area contributed by atoms with Gasteiger partial charge in [-0.15, -0.1) is 0 Å². The molecular formula is C12H17N3O2. The Balaban J connectivity index is 2.03. The molecule has 2 unspecified atom stereocenters. The third-order valence-corrected chi connectivity index (χ3v) is 3.07. The predicted molar refractivity (Wildman–Crippen MR) is 64.7 cm³/mol. The van der Waals surface area contributed by atoms with Crippen LogP contribution in [0.1, 0.15) is 19.3 Å². The molecule has 1 heterocycles. The number of rotatable bonds is 3. The molecule has 1 aliphatic rings. The average Bonchev–Trinajstić information content (AvgIpc) is 2.77. The summed E-state index contributed by atoms with van der Waals surface area (Å²) >= 11 is 0. The first-order valence-corrected chi connectivity index (χ1v) is 5.76. The van der Waals surface area contributed by atoms with Gasteiger partial charge in [-0.05, 0) is 31.4 Å². The topological polar surface area (TPSA) is 77.2 Å². The summed E-state index contributed by atoms with van der Waals surface area (Å²) in [5.41, 5.74) is 6.41. The Bertz CT molecular complexity index is 408. The van der Waals surface area contributed by atoms with Crippen molar-refractivity contribution >= 4 is 11.6 Å². The van der Waals surface area contributed by atoms with Gasteiger partial charge in [0.2, 0.25) is 11.8 Å². The summed E-state index contributed by atoms with van der Waals surface area (Å²) < 4.78 is 5.08. The van der Waals surface area contributed by atoms with E-state index in [9.17, 15) is 4.79 Å². The molecule has 5 heteroatoms. The second kappa shape index (κ2) is 5.14. The van der Waals surface area contributed by atoms with Crippen LogP contribution in [0.15, 0.2) is 18.3 Å². The number of hydrogen-bond acceptors (Lipinski definition) is 4. The number of methoxy groups -OCH3 is 1. The molecule has 1 aliphatic carbocycles. The molecule has 3 N–H and O–H groups in total. The summed E-state index contributed by atoms with van der Waals surface area (Å²) in [5, 5.41) is 2.84. The summed E-state index contributed by atoms with van der Waals surface area (Å²) in [4.78, 5) is 16.0. The van der Waals surface area contributed by atoms with Gasteiger partial charge in [-0.2, -0.15) is 0 Å². The van der Waals surface area contributed by atoms with Crippen molar-refractivity contribution in [2.24, 2.45) is 11.7 Å². The Hall–Kier alpha value is -1.62. The van der Waals surface area contributed by atoms with Crippen LogP contribution in [0.4, 0.5) is 5.69 Å². The molecule has 2 rings (SSSR count). The molecule has 1 fully saturated rings. The summed E-state index contributed by atoms with van der Waals surface area (Å²) in [6.07, 6.45) is 4.16. The van der Waals surface area contributed by atoms with Crippen LogP contribution < -0.4 is 15.8 Å². The minimum atomic E-state index is 0.00394. The van der Waals surface area contributed by atoms with Gasteiger partial charge in [0.1, 0.15) is 5.69 Å². The maximum atomic E-state index is 12.0. The van der Waals surface area contributed by atoms with Gasteiger partial charge in [-0.3, -0.25) is 4.79 Å². The highest BCUT2D eigenvalue weighted by Gasteiger charge is 2.28. The lowest BCUT2D eigenvalue weighted by atomic mass is 10.1. The standard InChI is InChI=1S/C12H17N3O2/c1-17-12-10(3-2-6-14-12)15-11(16)8-4-5-9(13)7-8/h2-3,6,8-9H,4-5,7,13H2,1H3,(H,15,16). The predicted octanol–water partition coefficient (Wildman–Crippen LogP) is 1.16. The maximum Gasteiger partial charge on any atom is 0.237 e. The minimum absolute atomic E-state index is 0.00394. The fourth-order valence-corrected chi connectivity index (χ4v) is 2.14. The van der Waals surface area contributed by atoms with Crippen LogP contribution in [0.3, 0.4) is 0 Å². The lowest BCUT2D eigenvalue weighted by molar-refractivity contribution is -0.119. The van der Waals surface area contributed by atoms with E-state index in [4.69, 9.17) is 10.5 Å². The van der Waals surface area contributed by atoms with Crippen LogP contribution in [0, 0.1) is 5.92 Å². The molecule has 5 nitrogen and oxygen atoms in total. The summed E-state index contributed by atoms with van der Waals surface area (Å²) in [5.74, 6) is 0.447. The van der Waals surface area contributed by atoms with Crippen molar-refractivity contribution in [1.29, 1.82) is 0 Å². The first-order valence-electron chi connectivity index (χ1n) is 5.76. The van der Waals surface area contributed by atoms with Crippen molar-refractivity contribution < 1.29 is 9.53 Å². The van der Waals surface area contributed by atoms with Crippen molar-refractivity contribution in [1.82, 2.24) is 4.98 Å². The molecule has 17 heavy (non-hydrogen) atoms. The first kappa shape index (κ1) is 11.9. The van der Waals surface area contributed by atoms with Crippen LogP contribution in [-0.4, -0.2) is 24.0 Å². The zero-order valence-corrected chi connectivity index (χ0v) is 9.85. The lowest BCUT2D eigenvalue weighted by Gasteiger charge is -2.12. The number of amides is 1. The molecule has 0 aliphatic heterocycles. The molecular weight excluding hydrogens is 218 g/mol. The molecule has 1 amide bonds. The SMILES string of the molecule is COc1ncccc1NC(=O)C1CCC(N)C1. The van der Waals surface area contributed by atoms with Crippen molar-refractivity contribution in [3.05, 3.63) is 18.3 Å². The number of nitrogens with two attached hydrogens (primary N) is 1. The number of aromatic nitrogens is 1. The quantitative estimate of drug-likeness (QED) is 0.824. The highest BCUT2D eigenvalue weighted by atomic mass is 16.5. The van der Waals surface area contributed by atoms with E-state index in [0.717, 1.165) is 19.3 Å². The van der Waals surface area contributed by atoms with E-state index in [1.165, 1.54) is 7.11 Å². The fraction of sp³-hybridized carbons (Fsp3) is 0.500. The van der Waals surface area contributed by atoms with Gasteiger partial charge in [0, 0.05) is 18.2 Å². The van der Waals surface area contributed by atoms with E-state index in [-0.39, 0.29) is 17.9 Å². The minimum Gasteiger partial charge on any atom is -0.480 e. The second-order valence-electron chi connectivity index (χ2n) is 4.32. The number of ether oxygens (including phenoxy) is 1. The van der Waals surface area contributed by atoms with E-state index < -0.39 is 0 Å². The number of carbonyl (C=O) groups excluding carboxylic acids is 1. The molecule has 0 radical (unpaired) electrons. The third kappa shape index (κ3) is 2.74. The maximum absolute atomic E-state index is 12.0. The summed E-state index contributed by atoms with van der Waals surface area (Å²) in [7, 11) is 1.53. The van der Waals surface area contributed by atoms with Crippen LogP contribution in [0.5, 0.6) is 5.88 Å². The number of pyridine rings is 1. The highest BCUT2D eigenvalue weighted by molar-refractivity contribution is 5.93. The molecule has 92 valence electrons. The Morgan fingerprint density at radius 1 is 1.59 bits per heavy atom. The number of carbonyl (C=O) groups is 1. The van der Waals surface area contributed by atoms with Gasteiger partial charge >= 0.3 is 0 Å². The van der Waals surface area contributed by atoms with Crippen molar-refractivity contribution in [2.45, 2.75) is 25.3 Å². The van der Waals surface area contributed by atoms with Gasteiger partial charge in [-0.1, -0.05) is 0 Å². The Kier molecular flexibility index (Phi) is 3.58. The molecule has 1 aromatic rings. The molecule has 1 saturated carbocycles. The van der Waals surface area contributed by atoms with E-state index in [0.29, 0.717) is 11.6 Å². The smallest absolute Gasteiger partial charge is 0.237 e. The summed E-state index contributed by atoms with van der Waals surface area (Å²) in [6, 6.07) is 3.69. The monoisotopic (exact) mass is 235 g/mol. The van der Waals surface area contributed by atoms with Gasteiger partial charge in [-0.25, -0.2) is 4.98 Å². The van der Waals surface area contributed by atoms with Gasteiger partial charge in [0.05, 0.1) is 7.11 Å². The molecule has 0 saturated heterocycles. The number of hydrogen-bond donors (Lipinski definition) is 2. The molecule has 0 bridgehead atoms. The Morgan fingerprint density at radius 3 is 3.06 bits per heavy atom. The first-order chi connectivity index (χ1) is 8.20. The lowest BCUT2D eigenvalue weighted by Crippen LogP contribution is -2.23. The van der Waals surface area contributed by atoms with Crippen LogP contribution in [0.25, 0.3) is 0 Å². The Morgan fingerprint density at radius 2 is 2.41 bits per heavy atom. The van der Waals surface area contributed by atoms with E-state index in [1.807, 2.05) is 0 Å². The molecule has 0 aromatic carbocycles.